The number of carboxylic acids is 2. The van der Waals surface area contributed by atoms with Crippen molar-refractivity contribution in [3.05, 3.63) is 115 Å². The van der Waals surface area contributed by atoms with Gasteiger partial charge >= 0.3 is 68.8 Å². The molecule has 7 heteroatoms. The first kappa shape index (κ1) is 27.6. The Balaban J connectivity index is 0.000000165. The topological polar surface area (TPSA) is 93.1 Å². The summed E-state index contributed by atoms with van der Waals surface area (Å²) >= 11 is 1.76. The van der Waals surface area contributed by atoms with Crippen molar-refractivity contribution in [2.24, 2.45) is 0 Å². The van der Waals surface area contributed by atoms with Crippen LogP contribution in [0.1, 0.15) is 0 Å². The van der Waals surface area contributed by atoms with Gasteiger partial charge in [-0.2, -0.15) is 0 Å². The average molecular weight is 603 g/mol. The van der Waals surface area contributed by atoms with E-state index >= 15 is 0 Å². The molecule has 0 bridgehead atoms. The third-order valence-corrected chi connectivity index (χ3v) is 5.77. The Hall–Kier alpha value is -4.02. The fourth-order valence-electron chi connectivity index (χ4n) is 3.23. The molecule has 0 aliphatic carbocycles. The van der Waals surface area contributed by atoms with Crippen molar-refractivity contribution < 1.29 is 29.3 Å². The van der Waals surface area contributed by atoms with Crippen LogP contribution in [-0.4, -0.2) is 58.4 Å². The van der Waals surface area contributed by atoms with E-state index in [9.17, 15) is 9.59 Å². The summed E-state index contributed by atoms with van der Waals surface area (Å²) in [6.45, 7) is -0.614. The Morgan fingerprint density at radius 1 is 0.541 bits per heavy atom. The monoisotopic (exact) mass is 602 g/mol. The van der Waals surface area contributed by atoms with Crippen LogP contribution in [-0.2, 0) is 9.59 Å². The third-order valence-electron chi connectivity index (χ3n) is 4.92. The van der Waals surface area contributed by atoms with Crippen molar-refractivity contribution >= 4 is 60.0 Å². The fourth-order valence-corrected chi connectivity index (χ4v) is 3.72. The summed E-state index contributed by atoms with van der Waals surface area (Å²) in [4.78, 5) is 20.6. The zero-order chi connectivity index (χ0) is 26.5. The number of carbonyl (C=O) groups is 2. The molecule has 0 aliphatic heterocycles. The number of rotatable bonds is 6. The van der Waals surface area contributed by atoms with E-state index in [-0.39, 0.29) is 13.2 Å². The summed E-state index contributed by atoms with van der Waals surface area (Å²) in [6, 6.07) is 37.1. The van der Waals surface area contributed by atoms with Gasteiger partial charge in [0, 0.05) is 0 Å². The number of carboxylic acid groups (broad SMARTS) is 2. The summed E-state index contributed by atoms with van der Waals surface area (Å²) < 4.78 is 11.5. The molecule has 186 valence electrons. The van der Waals surface area contributed by atoms with Gasteiger partial charge in [0.1, 0.15) is 11.5 Å². The minimum atomic E-state index is -0.969. The Labute approximate surface area is 228 Å². The molecular weight excluding hydrogens is 578 g/mol. The summed E-state index contributed by atoms with van der Waals surface area (Å²) in [7, 11) is 0. The standard InChI is InChI=1S/2C12H10O3.C6H5.Sb/c2*13-12(14)8-15-11-6-5-9-3-1-2-4-10(9)7-11;1-2-4-6-5-3-1;/h2*1-7H,8H2,(H,13,14);1-5H;. The van der Waals surface area contributed by atoms with Gasteiger partial charge in [-0.15, -0.1) is 0 Å². The SMILES string of the molecule is O=C(O)COc1ccc2ccccc2c1.O=C(O)COc1ccc2ccccc2c1.[Sb][c]1ccccc1. The van der Waals surface area contributed by atoms with Crippen LogP contribution < -0.4 is 13.0 Å². The van der Waals surface area contributed by atoms with Crippen molar-refractivity contribution in [1.29, 1.82) is 0 Å². The summed E-state index contributed by atoms with van der Waals surface area (Å²) in [5.41, 5.74) is 0. The molecular formula is C30H25O6Sb. The zero-order valence-electron chi connectivity index (χ0n) is 19.9. The van der Waals surface area contributed by atoms with Crippen LogP contribution in [0.25, 0.3) is 21.5 Å². The predicted molar refractivity (Wildman–Crippen MR) is 146 cm³/mol. The van der Waals surface area contributed by atoms with Gasteiger partial charge < -0.3 is 19.7 Å². The van der Waals surface area contributed by atoms with Gasteiger partial charge in [0.2, 0.25) is 0 Å². The molecule has 5 rings (SSSR count). The second-order valence-corrected chi connectivity index (χ2v) is 9.19. The Morgan fingerprint density at radius 3 is 1.27 bits per heavy atom. The van der Waals surface area contributed by atoms with E-state index in [1.165, 1.54) is 3.51 Å². The molecule has 0 saturated heterocycles. The third kappa shape index (κ3) is 9.86. The van der Waals surface area contributed by atoms with E-state index < -0.39 is 11.9 Å². The van der Waals surface area contributed by atoms with Gasteiger partial charge in [-0.25, -0.2) is 9.59 Å². The normalized spacial score (nSPS) is 9.86. The van der Waals surface area contributed by atoms with Crippen LogP contribution in [0.15, 0.2) is 115 Å². The second kappa shape index (κ2) is 14.5. The van der Waals surface area contributed by atoms with Crippen molar-refractivity contribution in [1.82, 2.24) is 0 Å². The number of hydrogen-bond donors (Lipinski definition) is 2. The summed E-state index contributed by atoms with van der Waals surface area (Å²) in [6.07, 6.45) is 0. The molecule has 0 amide bonds. The van der Waals surface area contributed by atoms with Crippen LogP contribution in [0.5, 0.6) is 11.5 Å². The van der Waals surface area contributed by atoms with Crippen molar-refractivity contribution in [3.8, 4) is 11.5 Å². The molecule has 0 saturated carbocycles. The van der Waals surface area contributed by atoms with Crippen LogP contribution in [0.4, 0.5) is 0 Å². The van der Waals surface area contributed by atoms with Gasteiger partial charge in [-0.3, -0.25) is 0 Å². The Morgan fingerprint density at radius 2 is 0.919 bits per heavy atom. The molecule has 2 radical (unpaired) electrons. The van der Waals surface area contributed by atoms with E-state index in [1.54, 1.807) is 35.2 Å². The van der Waals surface area contributed by atoms with Gasteiger partial charge in [0.15, 0.2) is 13.2 Å². The van der Waals surface area contributed by atoms with E-state index in [0.717, 1.165) is 21.5 Å². The minimum absolute atomic E-state index is 0.307. The van der Waals surface area contributed by atoms with Gasteiger partial charge in [-0.05, 0) is 45.8 Å². The van der Waals surface area contributed by atoms with Gasteiger partial charge in [-0.1, -0.05) is 60.7 Å². The molecule has 0 heterocycles. The molecule has 5 aromatic rings. The molecule has 0 fully saturated rings. The Bertz CT molecular complexity index is 1360. The Kier molecular flexibility index (Phi) is 10.8. The van der Waals surface area contributed by atoms with Crippen molar-refractivity contribution in [2.75, 3.05) is 13.2 Å². The fraction of sp³-hybridized carbons (Fsp3) is 0.0667. The number of aliphatic carboxylic acids is 2. The van der Waals surface area contributed by atoms with E-state index in [0.29, 0.717) is 11.5 Å². The molecule has 0 atom stereocenters. The first-order valence-corrected chi connectivity index (χ1v) is 12.6. The van der Waals surface area contributed by atoms with Gasteiger partial charge in [0.05, 0.1) is 0 Å². The molecule has 6 nitrogen and oxygen atoms in total. The maximum absolute atomic E-state index is 10.3. The molecule has 0 aliphatic rings. The number of fused-ring (bicyclic) bond motifs is 2. The predicted octanol–water partition coefficient (Wildman–Crippen LogP) is 5.09. The second-order valence-electron chi connectivity index (χ2n) is 7.72. The number of ether oxygens (including phenoxy) is 2. The van der Waals surface area contributed by atoms with E-state index in [2.05, 4.69) is 12.1 Å². The van der Waals surface area contributed by atoms with Gasteiger partial charge in [0.25, 0.3) is 0 Å². The van der Waals surface area contributed by atoms with Crippen LogP contribution >= 0.6 is 0 Å². The quantitative estimate of drug-likeness (QED) is 0.263. The van der Waals surface area contributed by atoms with Crippen LogP contribution in [0, 0.1) is 0 Å². The molecule has 2 N–H and O–H groups in total. The average Bonchev–Trinajstić information content (AvgIpc) is 2.91. The first-order chi connectivity index (χ1) is 17.9. The molecule has 0 unspecified atom stereocenters. The van der Waals surface area contributed by atoms with E-state index in [4.69, 9.17) is 19.7 Å². The van der Waals surface area contributed by atoms with Crippen molar-refractivity contribution in [3.63, 3.8) is 0 Å². The van der Waals surface area contributed by atoms with Crippen LogP contribution in [0.2, 0.25) is 0 Å². The zero-order valence-corrected chi connectivity index (χ0v) is 22.4. The number of hydrogen-bond acceptors (Lipinski definition) is 4. The maximum atomic E-state index is 10.3. The first-order valence-electron chi connectivity index (χ1n) is 11.3. The molecule has 37 heavy (non-hydrogen) atoms. The molecule has 5 aromatic carbocycles. The van der Waals surface area contributed by atoms with Crippen molar-refractivity contribution in [2.45, 2.75) is 0 Å². The number of benzene rings is 5. The molecule has 0 aromatic heterocycles. The van der Waals surface area contributed by atoms with E-state index in [1.807, 2.05) is 91.0 Å². The summed E-state index contributed by atoms with van der Waals surface area (Å²) in [5, 5.41) is 21.2. The summed E-state index contributed by atoms with van der Waals surface area (Å²) in [5.74, 6) is -0.779. The van der Waals surface area contributed by atoms with Crippen LogP contribution in [0.3, 0.4) is 0 Å². The molecule has 0 spiro atoms.